The van der Waals surface area contributed by atoms with Crippen molar-refractivity contribution in [1.29, 1.82) is 0 Å². The lowest BCUT2D eigenvalue weighted by Crippen LogP contribution is -2.50. The summed E-state index contributed by atoms with van der Waals surface area (Å²) in [6.07, 6.45) is 21.6. The second-order valence-corrected chi connectivity index (χ2v) is 15.0. The molecular weight excluding hydrogens is 488 g/mol. The van der Waals surface area contributed by atoms with E-state index >= 15 is 0 Å². The molecule has 240 valence electrons. The summed E-state index contributed by atoms with van der Waals surface area (Å²) >= 11 is 0. The van der Waals surface area contributed by atoms with E-state index in [1.165, 1.54) is 199 Å². The summed E-state index contributed by atoms with van der Waals surface area (Å²) in [7, 11) is 7.20. The summed E-state index contributed by atoms with van der Waals surface area (Å²) in [5, 5.41) is 0. The van der Waals surface area contributed by atoms with Crippen LogP contribution in [0.2, 0.25) is 0 Å². The van der Waals surface area contributed by atoms with Crippen molar-refractivity contribution in [2.75, 3.05) is 106 Å². The van der Waals surface area contributed by atoms with E-state index in [2.05, 4.69) is 55.8 Å². The maximum absolute atomic E-state index is 2.43. The molecule has 4 heteroatoms. The highest BCUT2D eigenvalue weighted by Crippen LogP contribution is 2.19. The molecule has 4 rings (SSSR count). The highest BCUT2D eigenvalue weighted by molar-refractivity contribution is 4.53. The van der Waals surface area contributed by atoms with Crippen molar-refractivity contribution in [2.45, 2.75) is 131 Å². The van der Waals surface area contributed by atoms with Gasteiger partial charge in [0.15, 0.2) is 0 Å². The van der Waals surface area contributed by atoms with Gasteiger partial charge in [0.2, 0.25) is 0 Å². The number of nitrogens with zero attached hydrogens (tertiary/aromatic N) is 4. The first kappa shape index (κ1) is 37.9. The van der Waals surface area contributed by atoms with E-state index < -0.39 is 0 Å². The predicted octanol–water partition coefficient (Wildman–Crippen LogP) is 8.11. The molecule has 0 spiro atoms. The molecule has 0 saturated carbocycles. The van der Waals surface area contributed by atoms with Crippen LogP contribution in [0.25, 0.3) is 0 Å². The number of unbranched alkanes of at least 4 members (excludes halogenated alkanes) is 1. The van der Waals surface area contributed by atoms with Crippen molar-refractivity contribution in [3.8, 4) is 0 Å². The van der Waals surface area contributed by atoms with Crippen LogP contribution in [0.15, 0.2) is 0 Å². The van der Waals surface area contributed by atoms with Crippen LogP contribution < -0.4 is 0 Å². The molecule has 4 nitrogen and oxygen atoms in total. The number of piperidine rings is 4. The molecule has 40 heavy (non-hydrogen) atoms. The fraction of sp³-hybridized carbons (Fsp3) is 1.00. The van der Waals surface area contributed by atoms with Crippen LogP contribution in [0.1, 0.15) is 131 Å². The minimum absolute atomic E-state index is 1.32. The first-order valence-electron chi connectivity index (χ1n) is 18.5. The molecule has 0 aromatic rings. The van der Waals surface area contributed by atoms with Gasteiger partial charge in [0, 0.05) is 0 Å². The zero-order chi connectivity index (χ0) is 29.8. The number of hydrogen-bond donors (Lipinski definition) is 0. The summed E-state index contributed by atoms with van der Waals surface area (Å²) in [5.41, 5.74) is 0. The van der Waals surface area contributed by atoms with E-state index in [4.69, 9.17) is 0 Å². The summed E-state index contributed by atoms with van der Waals surface area (Å²) in [5.74, 6) is 0. The Morgan fingerprint density at radius 3 is 0.975 bits per heavy atom. The molecule has 0 bridgehead atoms. The van der Waals surface area contributed by atoms with Crippen LogP contribution in [0.5, 0.6) is 0 Å². The number of likely N-dealkylation sites (tertiary alicyclic amines) is 4. The molecule has 4 aliphatic heterocycles. The quantitative estimate of drug-likeness (QED) is 0.259. The Hall–Kier alpha value is -0.160. The van der Waals surface area contributed by atoms with Crippen LogP contribution in [-0.2, 0) is 0 Å². The first-order chi connectivity index (χ1) is 19.1. The highest BCUT2D eigenvalue weighted by Gasteiger charge is 2.26. The average Bonchev–Trinajstić information content (AvgIpc) is 2.99. The lowest BCUT2D eigenvalue weighted by molar-refractivity contribution is -0.929. The number of rotatable bonds is 8. The fourth-order valence-corrected chi connectivity index (χ4v) is 7.71. The van der Waals surface area contributed by atoms with Gasteiger partial charge in [0.05, 0.1) is 106 Å². The topological polar surface area (TPSA) is 0 Å². The average molecular weight is 569 g/mol. The van der Waals surface area contributed by atoms with Crippen molar-refractivity contribution < 1.29 is 17.9 Å². The molecule has 0 atom stereocenters. The molecule has 4 heterocycles. The van der Waals surface area contributed by atoms with Gasteiger partial charge in [0.1, 0.15) is 0 Å². The van der Waals surface area contributed by atoms with Crippen LogP contribution in [0.4, 0.5) is 0 Å². The first-order valence-corrected chi connectivity index (χ1v) is 18.5. The Morgan fingerprint density at radius 1 is 0.350 bits per heavy atom. The summed E-state index contributed by atoms with van der Waals surface area (Å²) in [4.78, 5) is 0. The van der Waals surface area contributed by atoms with Gasteiger partial charge in [-0.2, -0.15) is 0 Å². The van der Waals surface area contributed by atoms with Crippen molar-refractivity contribution in [3.63, 3.8) is 0 Å². The molecular formula is C36H80N4+4. The van der Waals surface area contributed by atoms with E-state index in [1.54, 1.807) is 0 Å². The largest absolute Gasteiger partial charge is 0.326 e. The van der Waals surface area contributed by atoms with Crippen molar-refractivity contribution >= 4 is 0 Å². The second kappa shape index (κ2) is 20.7. The summed E-state index contributed by atoms with van der Waals surface area (Å²) < 4.78 is 5.41. The van der Waals surface area contributed by atoms with E-state index in [1.807, 2.05) is 0 Å². The van der Waals surface area contributed by atoms with Crippen LogP contribution in [0.3, 0.4) is 0 Å². The molecule has 0 aromatic carbocycles. The van der Waals surface area contributed by atoms with E-state index in [9.17, 15) is 0 Å². The Bertz CT molecular complexity index is 568. The van der Waals surface area contributed by atoms with Gasteiger partial charge >= 0.3 is 0 Å². The Kier molecular flexibility index (Phi) is 19.6. The molecule has 0 radical (unpaired) electrons. The second-order valence-electron chi connectivity index (χ2n) is 15.0. The number of hydrogen-bond acceptors (Lipinski definition) is 0. The monoisotopic (exact) mass is 569 g/mol. The Morgan fingerprint density at radius 2 is 0.700 bits per heavy atom. The molecule has 4 fully saturated rings. The molecule has 0 aliphatic carbocycles. The molecule has 0 aromatic heterocycles. The van der Waals surface area contributed by atoms with Crippen molar-refractivity contribution in [2.24, 2.45) is 0 Å². The standard InChI is InChI=1S/C10H22N.2C9H20N.C8H18N/c1-3-4-8-11(2)9-6-5-7-10-11;1-3-7-10(2)8-5-4-6-9-10;1-3-10(4-2)8-6-5-7-9-10;1-3-9(2)7-5-4-6-8-9/h3-10H2,1-2H3;2*3-9H2,1-2H3;3-8H2,1-2H3/q4*+1. The minimum atomic E-state index is 1.32. The van der Waals surface area contributed by atoms with Gasteiger partial charge in [-0.3, -0.25) is 0 Å². The number of quaternary nitrogens is 4. The van der Waals surface area contributed by atoms with Gasteiger partial charge in [-0.25, -0.2) is 0 Å². The van der Waals surface area contributed by atoms with Gasteiger partial charge < -0.3 is 17.9 Å². The van der Waals surface area contributed by atoms with Gasteiger partial charge in [0.25, 0.3) is 0 Å². The Labute approximate surface area is 254 Å². The third kappa shape index (κ3) is 15.4. The van der Waals surface area contributed by atoms with Gasteiger partial charge in [-0.15, -0.1) is 0 Å². The zero-order valence-corrected chi connectivity index (χ0v) is 29.6. The van der Waals surface area contributed by atoms with Crippen molar-refractivity contribution in [1.82, 2.24) is 0 Å². The maximum Gasteiger partial charge on any atom is 0.0786 e. The van der Waals surface area contributed by atoms with E-state index in [0.29, 0.717) is 0 Å². The molecule has 0 unspecified atom stereocenters. The van der Waals surface area contributed by atoms with Gasteiger partial charge in [-0.1, -0.05) is 20.3 Å². The third-order valence-electron chi connectivity index (χ3n) is 11.4. The molecule has 4 saturated heterocycles. The summed E-state index contributed by atoms with van der Waals surface area (Å²) in [6, 6.07) is 0. The van der Waals surface area contributed by atoms with E-state index in [-0.39, 0.29) is 0 Å². The molecule has 4 aliphatic rings. The summed E-state index contributed by atoms with van der Waals surface area (Å²) in [6.45, 7) is 29.8. The lowest BCUT2D eigenvalue weighted by atomic mass is 10.1. The van der Waals surface area contributed by atoms with Crippen LogP contribution >= 0.6 is 0 Å². The normalized spacial score (nSPS) is 24.6. The predicted molar refractivity (Wildman–Crippen MR) is 180 cm³/mol. The van der Waals surface area contributed by atoms with E-state index in [0.717, 1.165) is 0 Å². The molecule has 0 N–H and O–H groups in total. The van der Waals surface area contributed by atoms with Crippen LogP contribution in [-0.4, -0.2) is 124 Å². The third-order valence-corrected chi connectivity index (χ3v) is 11.4. The smallest absolute Gasteiger partial charge is 0.0786 e. The Balaban J connectivity index is 0.000000267. The van der Waals surface area contributed by atoms with Crippen molar-refractivity contribution in [3.05, 3.63) is 0 Å². The highest BCUT2D eigenvalue weighted by atomic mass is 15.4. The zero-order valence-electron chi connectivity index (χ0n) is 29.6. The fourth-order valence-electron chi connectivity index (χ4n) is 7.71. The minimum Gasteiger partial charge on any atom is -0.326 e. The molecule has 0 amide bonds. The maximum atomic E-state index is 2.43. The van der Waals surface area contributed by atoms with Gasteiger partial charge in [-0.05, 0) is 111 Å². The SMILES string of the molecule is CCCC[N+]1(C)CCCCC1.CCC[N+]1(C)CCCCC1.CC[N+]1(C)CCCCC1.CC[N+]1(CC)CCCCC1. The lowest BCUT2D eigenvalue weighted by Gasteiger charge is -2.39. The van der Waals surface area contributed by atoms with Crippen LogP contribution in [0, 0.1) is 0 Å².